The quantitative estimate of drug-likeness (QED) is 0.835. The molecule has 110 valence electrons. The number of carboxylic acids is 1. The molecule has 0 bridgehead atoms. The first kappa shape index (κ1) is 14.4. The molecule has 2 rings (SSSR count). The minimum Gasteiger partial charge on any atom is -0.481 e. The normalized spacial score (nSPS) is 16.2. The number of rotatable bonds is 6. The molecule has 1 aromatic heterocycles. The smallest absolute Gasteiger partial charge is 0.317 e. The van der Waals surface area contributed by atoms with Crippen LogP contribution in [-0.4, -0.2) is 35.1 Å². The van der Waals surface area contributed by atoms with E-state index in [0.717, 1.165) is 6.42 Å². The van der Waals surface area contributed by atoms with Crippen molar-refractivity contribution in [1.82, 2.24) is 10.2 Å². The third kappa shape index (κ3) is 2.95. The molecule has 1 heterocycles. The third-order valence-corrected chi connectivity index (χ3v) is 3.94. The van der Waals surface area contributed by atoms with Gasteiger partial charge in [-0.05, 0) is 31.9 Å². The van der Waals surface area contributed by atoms with Gasteiger partial charge in [-0.15, -0.1) is 0 Å². The maximum atomic E-state index is 12.1. The molecule has 1 aliphatic carbocycles. The first-order valence-electron chi connectivity index (χ1n) is 6.86. The van der Waals surface area contributed by atoms with Crippen LogP contribution in [-0.2, 0) is 11.3 Å². The Labute approximate surface area is 117 Å². The minimum absolute atomic E-state index is 0.190. The number of hydrogen-bond acceptors (Lipinski definition) is 3. The van der Waals surface area contributed by atoms with Crippen molar-refractivity contribution in [3.8, 4) is 0 Å². The number of nitrogens with one attached hydrogen (secondary N) is 1. The van der Waals surface area contributed by atoms with Gasteiger partial charge >= 0.3 is 12.0 Å². The van der Waals surface area contributed by atoms with E-state index in [1.54, 1.807) is 23.3 Å². The van der Waals surface area contributed by atoms with Crippen LogP contribution in [0.3, 0.4) is 0 Å². The molecular weight excluding hydrogens is 260 g/mol. The maximum absolute atomic E-state index is 12.1. The minimum atomic E-state index is -0.821. The Morgan fingerprint density at radius 1 is 1.50 bits per heavy atom. The maximum Gasteiger partial charge on any atom is 0.317 e. The molecule has 20 heavy (non-hydrogen) atoms. The van der Waals surface area contributed by atoms with Crippen LogP contribution in [0.5, 0.6) is 0 Å². The van der Waals surface area contributed by atoms with E-state index in [-0.39, 0.29) is 12.6 Å². The van der Waals surface area contributed by atoms with Crippen molar-refractivity contribution in [2.75, 3.05) is 13.1 Å². The summed E-state index contributed by atoms with van der Waals surface area (Å²) < 4.78 is 5.22. The molecule has 0 unspecified atom stereocenters. The van der Waals surface area contributed by atoms with E-state index in [4.69, 9.17) is 4.42 Å². The highest BCUT2D eigenvalue weighted by molar-refractivity contribution is 5.78. The summed E-state index contributed by atoms with van der Waals surface area (Å²) in [5, 5.41) is 12.0. The van der Waals surface area contributed by atoms with E-state index in [9.17, 15) is 14.7 Å². The van der Waals surface area contributed by atoms with E-state index in [1.165, 1.54) is 0 Å². The van der Waals surface area contributed by atoms with Gasteiger partial charge in [0.05, 0.1) is 18.2 Å². The Balaban J connectivity index is 1.88. The van der Waals surface area contributed by atoms with E-state index in [0.29, 0.717) is 31.7 Å². The molecule has 6 heteroatoms. The number of carbonyl (C=O) groups excluding carboxylic acids is 1. The molecule has 1 saturated carbocycles. The average molecular weight is 280 g/mol. The predicted octanol–water partition coefficient (Wildman–Crippen LogP) is 2.07. The van der Waals surface area contributed by atoms with Crippen LogP contribution >= 0.6 is 0 Å². The molecule has 0 aliphatic heterocycles. The van der Waals surface area contributed by atoms with Crippen LogP contribution in [0.2, 0.25) is 0 Å². The number of carboxylic acid groups (broad SMARTS) is 1. The fourth-order valence-corrected chi connectivity index (χ4v) is 2.34. The van der Waals surface area contributed by atoms with Crippen molar-refractivity contribution in [2.24, 2.45) is 5.41 Å². The lowest BCUT2D eigenvalue weighted by atomic mass is 9.69. The van der Waals surface area contributed by atoms with Gasteiger partial charge in [0.15, 0.2) is 0 Å². The van der Waals surface area contributed by atoms with Gasteiger partial charge in [-0.3, -0.25) is 4.79 Å². The lowest BCUT2D eigenvalue weighted by Crippen LogP contribution is -2.50. The Morgan fingerprint density at radius 2 is 2.25 bits per heavy atom. The number of urea groups is 1. The van der Waals surface area contributed by atoms with Crippen molar-refractivity contribution >= 4 is 12.0 Å². The van der Waals surface area contributed by atoms with Crippen LogP contribution in [0.25, 0.3) is 0 Å². The summed E-state index contributed by atoms with van der Waals surface area (Å²) >= 11 is 0. The lowest BCUT2D eigenvalue weighted by Gasteiger charge is -2.38. The van der Waals surface area contributed by atoms with Crippen molar-refractivity contribution in [2.45, 2.75) is 32.7 Å². The summed E-state index contributed by atoms with van der Waals surface area (Å²) in [6, 6.07) is 3.33. The largest absolute Gasteiger partial charge is 0.481 e. The Kier molecular flexibility index (Phi) is 4.32. The van der Waals surface area contributed by atoms with E-state index >= 15 is 0 Å². The molecule has 1 aliphatic rings. The zero-order chi connectivity index (χ0) is 14.6. The lowest BCUT2D eigenvalue weighted by molar-refractivity contribution is -0.153. The number of furan rings is 1. The summed E-state index contributed by atoms with van der Waals surface area (Å²) in [6.45, 7) is 2.98. The highest BCUT2D eigenvalue weighted by Gasteiger charge is 2.44. The van der Waals surface area contributed by atoms with Crippen LogP contribution in [0.1, 0.15) is 31.9 Å². The van der Waals surface area contributed by atoms with Crippen LogP contribution in [0.4, 0.5) is 4.79 Å². The zero-order valence-electron chi connectivity index (χ0n) is 11.6. The summed E-state index contributed by atoms with van der Waals surface area (Å²) in [5.74, 6) is -0.114. The van der Waals surface area contributed by atoms with Crippen molar-refractivity contribution in [3.63, 3.8) is 0 Å². The fraction of sp³-hybridized carbons (Fsp3) is 0.571. The topological polar surface area (TPSA) is 82.8 Å². The Hall–Kier alpha value is -1.98. The van der Waals surface area contributed by atoms with E-state index in [1.807, 2.05) is 6.92 Å². The van der Waals surface area contributed by atoms with Gasteiger partial charge in [0.25, 0.3) is 0 Å². The molecule has 0 spiro atoms. The van der Waals surface area contributed by atoms with Gasteiger partial charge < -0.3 is 19.7 Å². The summed E-state index contributed by atoms with van der Waals surface area (Å²) in [6.07, 6.45) is 3.74. The van der Waals surface area contributed by atoms with Gasteiger partial charge in [0.2, 0.25) is 0 Å². The number of aliphatic carboxylic acids is 1. The molecular formula is C14H20N2O4. The molecule has 1 fully saturated rings. The van der Waals surface area contributed by atoms with Crippen LogP contribution in [0.15, 0.2) is 22.8 Å². The average Bonchev–Trinajstić information content (AvgIpc) is 2.86. The molecule has 0 atom stereocenters. The first-order chi connectivity index (χ1) is 9.57. The second kappa shape index (κ2) is 5.98. The summed E-state index contributed by atoms with van der Waals surface area (Å²) in [5.41, 5.74) is -0.764. The fourth-order valence-electron chi connectivity index (χ4n) is 2.34. The first-order valence-corrected chi connectivity index (χ1v) is 6.86. The summed E-state index contributed by atoms with van der Waals surface area (Å²) in [4.78, 5) is 24.9. The SMILES string of the molecule is CCN(Cc1ccco1)C(=O)NCC1(C(=O)O)CCC1. The van der Waals surface area contributed by atoms with Gasteiger partial charge in [0.1, 0.15) is 5.76 Å². The van der Waals surface area contributed by atoms with E-state index in [2.05, 4.69) is 5.32 Å². The summed E-state index contributed by atoms with van der Waals surface area (Å²) in [7, 11) is 0. The molecule has 2 N–H and O–H groups in total. The van der Waals surface area contributed by atoms with Crippen LogP contribution in [0, 0.1) is 5.41 Å². The number of amides is 2. The van der Waals surface area contributed by atoms with Crippen molar-refractivity contribution < 1.29 is 19.1 Å². The van der Waals surface area contributed by atoms with E-state index < -0.39 is 11.4 Å². The predicted molar refractivity (Wildman–Crippen MR) is 72.1 cm³/mol. The highest BCUT2D eigenvalue weighted by atomic mass is 16.4. The van der Waals surface area contributed by atoms with Gasteiger partial charge in [-0.1, -0.05) is 6.42 Å². The number of nitrogens with zero attached hydrogens (tertiary/aromatic N) is 1. The third-order valence-electron chi connectivity index (χ3n) is 3.94. The molecule has 1 aromatic rings. The second-order valence-electron chi connectivity index (χ2n) is 5.19. The monoisotopic (exact) mass is 280 g/mol. The molecule has 6 nitrogen and oxygen atoms in total. The number of carbonyl (C=O) groups is 2. The van der Waals surface area contributed by atoms with Gasteiger partial charge in [-0.2, -0.15) is 0 Å². The van der Waals surface area contributed by atoms with Crippen molar-refractivity contribution in [3.05, 3.63) is 24.2 Å². The standard InChI is InChI=1S/C14H20N2O4/c1-2-16(9-11-5-3-8-20-11)13(19)15-10-14(12(17)18)6-4-7-14/h3,5,8H,2,4,6-7,9-10H2,1H3,(H,15,19)(H,17,18). The van der Waals surface area contributed by atoms with Gasteiger partial charge in [-0.25, -0.2) is 4.79 Å². The number of hydrogen-bond donors (Lipinski definition) is 2. The molecule has 0 aromatic carbocycles. The molecule has 0 saturated heterocycles. The van der Waals surface area contributed by atoms with Gasteiger partial charge in [0, 0.05) is 13.1 Å². The Morgan fingerprint density at radius 3 is 2.70 bits per heavy atom. The zero-order valence-corrected chi connectivity index (χ0v) is 11.6. The second-order valence-corrected chi connectivity index (χ2v) is 5.19. The Bertz CT molecular complexity index is 466. The van der Waals surface area contributed by atoms with Crippen LogP contribution < -0.4 is 5.32 Å². The van der Waals surface area contributed by atoms with Crippen molar-refractivity contribution in [1.29, 1.82) is 0 Å². The highest BCUT2D eigenvalue weighted by Crippen LogP contribution is 2.40. The molecule has 0 radical (unpaired) electrons. The molecule has 2 amide bonds.